The van der Waals surface area contributed by atoms with Crippen LogP contribution in [-0.2, 0) is 10.8 Å². The quantitative estimate of drug-likeness (QED) is 0.287. The van der Waals surface area contributed by atoms with Gasteiger partial charge in [-0.1, -0.05) is 408 Å². The van der Waals surface area contributed by atoms with Gasteiger partial charge in [0.2, 0.25) is 0 Å². The Morgan fingerprint density at radius 3 is 0.845 bits per heavy atom. The van der Waals surface area contributed by atoms with Crippen molar-refractivity contribution in [3.63, 3.8) is 0 Å². The zero-order valence-electron chi connectivity index (χ0n) is 66.3. The van der Waals surface area contributed by atoms with Crippen LogP contribution in [0.3, 0.4) is 0 Å². The standard InChI is InChI=1S/C12H18.C10H20.C10H14.C9H18.C9H20.2C7H16.C6H14.C5H12.9CH4/c1-9-7-6-8-10(2)11(9)12(3,4)5;2*1-10(2,3)9-7-5-4-6-8-9;1-9(2,3)8-6-4-5-7-8;1-6-8(7-2)9(3,4)5;1-6(2)7(3,4)5;1-5-6-7(2,3)4;1-5-6(2,3)4;1-5(2,3)4;;;;;;;;;/h6-8H,1-5H3;9H,4-8H2,1-3H3;4-8H,1-3H3;8H,4-7H2,1-3H3;8H,6-7H2,1-5H3;6H,1-5H3;5-6H2,1-4H3;5H2,1-4H3;1-4H3;9*1H4/i;;;;;6D;6D2;5D2;1D3;;;;;;;;;. The highest BCUT2D eigenvalue weighted by Gasteiger charge is 2.27. The molecule has 2 saturated carbocycles. The van der Waals surface area contributed by atoms with E-state index in [4.69, 9.17) is 11.0 Å². The Morgan fingerprint density at radius 2 is 0.726 bits per heavy atom. The molecule has 0 atom stereocenters. The summed E-state index contributed by atoms with van der Waals surface area (Å²) < 4.78 is 57.8. The Balaban J connectivity index is -0.0000000614. The largest absolute Gasteiger partial charge is 0.0776 e. The van der Waals surface area contributed by atoms with Crippen LogP contribution in [-0.4, -0.2) is 0 Å². The third kappa shape index (κ3) is 74.7. The van der Waals surface area contributed by atoms with E-state index in [1.54, 1.807) is 27.7 Å². The number of hydrogen-bond donors (Lipinski definition) is 0. The summed E-state index contributed by atoms with van der Waals surface area (Å²) in [6.45, 7) is 72.0. The van der Waals surface area contributed by atoms with Gasteiger partial charge < -0.3 is 0 Å². The van der Waals surface area contributed by atoms with E-state index in [0.717, 1.165) is 17.8 Å². The molecule has 0 spiro atoms. The molecule has 2 aromatic rings. The Morgan fingerprint density at radius 1 is 0.440 bits per heavy atom. The van der Waals surface area contributed by atoms with Gasteiger partial charge in [-0.25, -0.2) is 0 Å². The third-order valence-corrected chi connectivity index (χ3v) is 14.4. The number of hydrogen-bond acceptors (Lipinski definition) is 0. The fourth-order valence-corrected chi connectivity index (χ4v) is 8.74. The maximum absolute atomic E-state index is 7.58. The molecule has 0 aliphatic heterocycles. The van der Waals surface area contributed by atoms with E-state index in [9.17, 15) is 0 Å². The van der Waals surface area contributed by atoms with Crippen molar-refractivity contribution in [2.24, 2.45) is 61.6 Å². The second kappa shape index (κ2) is 54.4. The molecule has 4 rings (SSSR count). The van der Waals surface area contributed by atoms with Crippen LogP contribution in [0.1, 0.15) is 425 Å². The number of benzene rings is 2. The zero-order valence-corrected chi connectivity index (χ0v) is 58.3. The van der Waals surface area contributed by atoms with Crippen molar-refractivity contribution in [2.45, 2.75) is 417 Å². The number of rotatable bonds is 3. The van der Waals surface area contributed by atoms with Crippen LogP contribution in [0, 0.1) is 75.4 Å². The Labute approximate surface area is 557 Å². The van der Waals surface area contributed by atoms with E-state index in [-0.39, 0.29) is 94.4 Å². The van der Waals surface area contributed by atoms with E-state index in [1.165, 1.54) is 92.9 Å². The van der Waals surface area contributed by atoms with Gasteiger partial charge in [-0.15, -0.1) is 0 Å². The molecule has 0 aromatic heterocycles. The molecule has 0 unspecified atom stereocenters. The van der Waals surface area contributed by atoms with E-state index < -0.39 is 25.0 Å². The maximum atomic E-state index is 7.58. The monoisotopic (exact) mass is 1200 g/mol. The minimum atomic E-state index is -1.81. The molecular weight excluding hydrogens is 1010 g/mol. The Hall–Kier alpha value is -1.56. The minimum Gasteiger partial charge on any atom is -0.0776 e. The van der Waals surface area contributed by atoms with E-state index in [1.807, 2.05) is 62.3 Å². The van der Waals surface area contributed by atoms with Crippen LogP contribution in [0.4, 0.5) is 0 Å². The Kier molecular flexibility index (Phi) is 60.6. The lowest BCUT2D eigenvalue weighted by Gasteiger charge is -2.33. The second-order valence-electron chi connectivity index (χ2n) is 31.8. The highest BCUT2D eigenvalue weighted by atomic mass is 14.3. The average Bonchev–Trinajstić information content (AvgIpc) is 3.82. The third-order valence-electron chi connectivity index (χ3n) is 14.4. The molecule has 2 fully saturated rings. The molecule has 0 nitrogen and oxygen atoms in total. The normalized spacial score (nSPS) is 15.3. The molecule has 0 saturated heterocycles. The van der Waals surface area contributed by atoms with Crippen LogP contribution >= 0.6 is 0 Å². The van der Waals surface area contributed by atoms with Crippen molar-refractivity contribution >= 4 is 0 Å². The van der Waals surface area contributed by atoms with Crippen molar-refractivity contribution in [3.05, 3.63) is 70.8 Å². The molecule has 2 aliphatic carbocycles. The topological polar surface area (TPSA) is 0 Å². The summed E-state index contributed by atoms with van der Waals surface area (Å²) in [6, 6.07) is 17.1. The summed E-state index contributed by atoms with van der Waals surface area (Å²) in [5.74, 6) is 2.60. The van der Waals surface area contributed by atoms with Gasteiger partial charge in [0.1, 0.15) is 0 Å². The lowest BCUT2D eigenvalue weighted by atomic mass is 9.72. The fraction of sp³-hybridized carbons (Fsp3) is 0.857. The van der Waals surface area contributed by atoms with Gasteiger partial charge in [0, 0.05) is 11.0 Å². The van der Waals surface area contributed by atoms with Crippen LogP contribution in [0.5, 0.6) is 0 Å². The van der Waals surface area contributed by atoms with Gasteiger partial charge in [0.15, 0.2) is 0 Å². The summed E-state index contributed by atoms with van der Waals surface area (Å²) in [4.78, 5) is 0. The van der Waals surface area contributed by atoms with Crippen LogP contribution in [0.2, 0.25) is 0 Å². The second-order valence-corrected chi connectivity index (χ2v) is 31.8. The zero-order chi connectivity index (χ0) is 67.7. The summed E-state index contributed by atoms with van der Waals surface area (Å²) in [6.07, 6.45) is 14.4. The molecular formula is C84H184. The predicted molar refractivity (Wildman–Crippen MR) is 415 cm³/mol. The molecule has 0 bridgehead atoms. The van der Waals surface area contributed by atoms with E-state index >= 15 is 0 Å². The predicted octanol–water partition coefficient (Wildman–Crippen LogP) is 32.6. The first-order valence-corrected chi connectivity index (χ1v) is 30.4. The van der Waals surface area contributed by atoms with Crippen LogP contribution < -0.4 is 0 Å². The van der Waals surface area contributed by atoms with Crippen molar-refractivity contribution in [1.82, 2.24) is 0 Å². The maximum Gasteiger partial charge on any atom is 0.0302 e. The van der Waals surface area contributed by atoms with E-state index in [0.29, 0.717) is 28.1 Å². The molecule has 0 N–H and O–H groups in total. The summed E-state index contributed by atoms with van der Waals surface area (Å²) in [5, 5.41) is 0. The van der Waals surface area contributed by atoms with Gasteiger partial charge in [-0.3, -0.25) is 0 Å². The van der Waals surface area contributed by atoms with Crippen LogP contribution in [0.15, 0.2) is 48.5 Å². The fourth-order valence-electron chi connectivity index (χ4n) is 8.74. The summed E-state index contributed by atoms with van der Waals surface area (Å²) in [7, 11) is 0. The van der Waals surface area contributed by atoms with Crippen molar-refractivity contribution < 1.29 is 11.0 Å². The van der Waals surface area contributed by atoms with Crippen molar-refractivity contribution in [2.75, 3.05) is 0 Å². The lowest BCUT2D eigenvalue weighted by Crippen LogP contribution is -2.22. The average molecular weight is 1200 g/mol. The highest BCUT2D eigenvalue weighted by molar-refractivity contribution is 5.38. The molecule has 84 heavy (non-hydrogen) atoms. The SMILES string of the molecule is C.C.C.C.C.C.C.C.C.CC(C)(C)C1CCCC1.CC(C)(C)C1CCCCC1.CC(C)(C)c1ccccc1.CCC(CC)C(C)(C)C.Cc1cccc(C)c1C(C)(C)C.[2H]C(C)(C)C(C)(C)C.[2H]C([2H])(C)C(C)(C)C.[2H]C([2H])(CC)C(C)(C)C.[2H]C([2H])([2H])C(C)(C)C. The Bertz CT molecular complexity index is 1770. The molecule has 2 aromatic carbocycles. The molecule has 0 radical (unpaired) electrons. The van der Waals surface area contributed by atoms with E-state index in [2.05, 4.69) is 201 Å². The minimum absolute atomic E-state index is 0. The van der Waals surface area contributed by atoms with Gasteiger partial charge >= 0.3 is 0 Å². The number of aryl methyl sites for hydroxylation is 2. The highest BCUT2D eigenvalue weighted by Crippen LogP contribution is 2.39. The summed E-state index contributed by atoms with van der Waals surface area (Å²) >= 11 is 0. The molecule has 520 valence electrons. The van der Waals surface area contributed by atoms with Crippen molar-refractivity contribution in [3.8, 4) is 0 Å². The smallest absolute Gasteiger partial charge is 0.0302 e. The van der Waals surface area contributed by atoms with Gasteiger partial charge in [0.05, 0.1) is 0 Å². The first-order chi connectivity index (χ1) is 36.3. The first-order valence-electron chi connectivity index (χ1n) is 34.4. The van der Waals surface area contributed by atoms with Gasteiger partial charge in [-0.2, -0.15) is 0 Å². The van der Waals surface area contributed by atoms with Crippen LogP contribution in [0.25, 0.3) is 0 Å². The molecule has 2 aliphatic rings. The van der Waals surface area contributed by atoms with Gasteiger partial charge in [-0.05, 0) is 141 Å². The first kappa shape index (κ1) is 93.6. The van der Waals surface area contributed by atoms with Crippen molar-refractivity contribution in [1.29, 1.82) is 0 Å². The summed E-state index contributed by atoms with van der Waals surface area (Å²) in [5.41, 5.74) is 7.02. The van der Waals surface area contributed by atoms with Gasteiger partial charge in [0.25, 0.3) is 0 Å². The molecule has 0 heterocycles. The molecule has 0 amide bonds. The lowest BCUT2D eigenvalue weighted by molar-refractivity contribution is 0.180. The molecule has 0 heteroatoms.